The molecule has 2 aliphatic rings. The molecule has 3 rings (SSSR count). The van der Waals surface area contributed by atoms with E-state index in [9.17, 15) is 18.4 Å². The minimum atomic E-state index is -0.960. The second-order valence-corrected chi connectivity index (χ2v) is 5.88. The zero-order valence-electron chi connectivity index (χ0n) is 12.2. The topological polar surface area (TPSA) is 49.4 Å². The molecule has 0 aromatic heterocycles. The lowest BCUT2D eigenvalue weighted by Gasteiger charge is -2.32. The van der Waals surface area contributed by atoms with Gasteiger partial charge in [-0.05, 0) is 37.3 Å². The van der Waals surface area contributed by atoms with Crippen molar-refractivity contribution in [2.45, 2.75) is 44.6 Å². The minimum Gasteiger partial charge on any atom is -0.353 e. The Kier molecular flexibility index (Phi) is 4.09. The summed E-state index contributed by atoms with van der Waals surface area (Å²) in [7, 11) is 0. The molecule has 2 heterocycles. The highest BCUT2D eigenvalue weighted by atomic mass is 19.2. The van der Waals surface area contributed by atoms with Crippen LogP contribution in [0.15, 0.2) is 12.1 Å². The molecule has 2 aliphatic heterocycles. The average molecular weight is 308 g/mol. The Labute approximate surface area is 127 Å². The van der Waals surface area contributed by atoms with E-state index in [0.29, 0.717) is 24.9 Å². The normalized spacial score (nSPS) is 21.3. The Balaban J connectivity index is 1.80. The van der Waals surface area contributed by atoms with Crippen molar-refractivity contribution in [3.05, 3.63) is 29.3 Å². The molecule has 1 saturated heterocycles. The number of anilines is 1. The number of amides is 2. The molecule has 22 heavy (non-hydrogen) atoms. The Morgan fingerprint density at radius 3 is 2.86 bits per heavy atom. The van der Waals surface area contributed by atoms with E-state index in [1.807, 2.05) is 0 Å². The molecule has 1 aromatic rings. The van der Waals surface area contributed by atoms with Crippen LogP contribution in [0.3, 0.4) is 0 Å². The van der Waals surface area contributed by atoms with Gasteiger partial charge in [-0.15, -0.1) is 0 Å². The number of hydrogen-bond donors (Lipinski definition) is 1. The lowest BCUT2D eigenvalue weighted by atomic mass is 9.98. The maximum Gasteiger partial charge on any atom is 0.229 e. The van der Waals surface area contributed by atoms with Crippen LogP contribution in [-0.4, -0.2) is 24.4 Å². The summed E-state index contributed by atoms with van der Waals surface area (Å²) in [6, 6.07) is 2.43. The van der Waals surface area contributed by atoms with Gasteiger partial charge in [-0.1, -0.05) is 6.07 Å². The smallest absolute Gasteiger partial charge is 0.229 e. The first-order chi connectivity index (χ1) is 10.6. The molecule has 0 aliphatic carbocycles. The highest BCUT2D eigenvalue weighted by Gasteiger charge is 2.30. The average Bonchev–Trinajstić information content (AvgIpc) is 2.50. The van der Waals surface area contributed by atoms with Gasteiger partial charge in [0.2, 0.25) is 11.8 Å². The SMILES string of the molecule is O=C1CCCC(CC(=O)N2CCCc3ccc(F)c(F)c32)N1. The molecule has 0 spiro atoms. The second kappa shape index (κ2) is 6.02. The lowest BCUT2D eigenvalue weighted by Crippen LogP contribution is -2.44. The Morgan fingerprint density at radius 2 is 2.09 bits per heavy atom. The van der Waals surface area contributed by atoms with E-state index in [4.69, 9.17) is 0 Å². The third-order valence-corrected chi connectivity index (χ3v) is 4.29. The van der Waals surface area contributed by atoms with Crippen LogP contribution in [0.5, 0.6) is 0 Å². The van der Waals surface area contributed by atoms with Gasteiger partial charge in [0.05, 0.1) is 5.69 Å². The van der Waals surface area contributed by atoms with Crippen molar-refractivity contribution in [2.24, 2.45) is 0 Å². The Hall–Kier alpha value is -1.98. The van der Waals surface area contributed by atoms with Crippen molar-refractivity contribution in [1.29, 1.82) is 0 Å². The molecule has 118 valence electrons. The molecule has 1 fully saturated rings. The van der Waals surface area contributed by atoms with Gasteiger partial charge < -0.3 is 10.2 Å². The number of rotatable bonds is 2. The number of aryl methyl sites for hydroxylation is 1. The second-order valence-electron chi connectivity index (χ2n) is 5.88. The molecule has 6 heteroatoms. The summed E-state index contributed by atoms with van der Waals surface area (Å²) < 4.78 is 27.6. The van der Waals surface area contributed by atoms with Gasteiger partial charge >= 0.3 is 0 Å². The number of piperidine rings is 1. The predicted octanol–water partition coefficient (Wildman–Crippen LogP) is 2.30. The van der Waals surface area contributed by atoms with E-state index in [0.717, 1.165) is 25.3 Å². The molecule has 1 aromatic carbocycles. The summed E-state index contributed by atoms with van der Waals surface area (Å²) in [5.41, 5.74) is 0.726. The van der Waals surface area contributed by atoms with Crippen LogP contribution in [0.25, 0.3) is 0 Å². The van der Waals surface area contributed by atoms with Gasteiger partial charge in [0.25, 0.3) is 0 Å². The number of nitrogens with zero attached hydrogens (tertiary/aromatic N) is 1. The van der Waals surface area contributed by atoms with Crippen molar-refractivity contribution in [3.63, 3.8) is 0 Å². The quantitative estimate of drug-likeness (QED) is 0.911. The summed E-state index contributed by atoms with van der Waals surface area (Å²) in [5, 5.41) is 2.78. The van der Waals surface area contributed by atoms with Gasteiger partial charge in [0.1, 0.15) is 0 Å². The number of nitrogens with one attached hydrogen (secondary N) is 1. The Morgan fingerprint density at radius 1 is 1.27 bits per heavy atom. The first-order valence-electron chi connectivity index (χ1n) is 7.63. The largest absolute Gasteiger partial charge is 0.353 e. The van der Waals surface area contributed by atoms with Crippen LogP contribution < -0.4 is 10.2 Å². The molecule has 1 atom stereocenters. The third-order valence-electron chi connectivity index (χ3n) is 4.29. The first-order valence-corrected chi connectivity index (χ1v) is 7.63. The van der Waals surface area contributed by atoms with Gasteiger partial charge in [0, 0.05) is 25.4 Å². The van der Waals surface area contributed by atoms with Crippen molar-refractivity contribution in [3.8, 4) is 0 Å². The number of hydrogen-bond acceptors (Lipinski definition) is 2. The van der Waals surface area contributed by atoms with E-state index in [1.165, 1.54) is 11.0 Å². The number of benzene rings is 1. The van der Waals surface area contributed by atoms with E-state index in [1.54, 1.807) is 0 Å². The van der Waals surface area contributed by atoms with Crippen molar-refractivity contribution in [2.75, 3.05) is 11.4 Å². The summed E-state index contributed by atoms with van der Waals surface area (Å²) >= 11 is 0. The van der Waals surface area contributed by atoms with Gasteiger partial charge in [0.15, 0.2) is 11.6 Å². The van der Waals surface area contributed by atoms with Gasteiger partial charge in [-0.2, -0.15) is 0 Å². The molecule has 1 unspecified atom stereocenters. The molecule has 4 nitrogen and oxygen atoms in total. The van der Waals surface area contributed by atoms with Crippen LogP contribution in [0.4, 0.5) is 14.5 Å². The fourth-order valence-electron chi connectivity index (χ4n) is 3.22. The predicted molar refractivity (Wildman–Crippen MR) is 77.4 cm³/mol. The number of carbonyl (C=O) groups is 2. The van der Waals surface area contributed by atoms with Crippen LogP contribution in [0.1, 0.15) is 37.7 Å². The van der Waals surface area contributed by atoms with E-state index in [-0.39, 0.29) is 30.0 Å². The highest BCUT2D eigenvalue weighted by Crippen LogP contribution is 2.32. The fraction of sp³-hybridized carbons (Fsp3) is 0.500. The number of halogens is 2. The van der Waals surface area contributed by atoms with Gasteiger partial charge in [-0.25, -0.2) is 8.78 Å². The highest BCUT2D eigenvalue weighted by molar-refractivity contribution is 5.95. The third kappa shape index (κ3) is 2.82. The maximum atomic E-state index is 14.1. The van der Waals surface area contributed by atoms with Crippen LogP contribution in [-0.2, 0) is 16.0 Å². The first kappa shape index (κ1) is 14.9. The molecule has 1 N–H and O–H groups in total. The van der Waals surface area contributed by atoms with Crippen molar-refractivity contribution < 1.29 is 18.4 Å². The summed E-state index contributed by atoms with van der Waals surface area (Å²) in [6.07, 6.45) is 3.46. The zero-order chi connectivity index (χ0) is 15.7. The minimum absolute atomic E-state index is 0.0553. The Bertz CT molecular complexity index is 618. The number of carbonyl (C=O) groups excluding carboxylic acids is 2. The molecule has 2 amide bonds. The summed E-state index contributed by atoms with van der Waals surface area (Å²) in [5.74, 6) is -2.22. The standard InChI is InChI=1S/C16H18F2N2O2/c17-12-7-6-10-3-2-8-20(16(10)15(12)18)14(22)9-11-4-1-5-13(21)19-11/h6-7,11H,1-5,8-9H2,(H,19,21). The summed E-state index contributed by atoms with van der Waals surface area (Å²) in [4.78, 5) is 25.2. The fourth-order valence-corrected chi connectivity index (χ4v) is 3.22. The number of fused-ring (bicyclic) bond motifs is 1. The van der Waals surface area contributed by atoms with Crippen LogP contribution >= 0.6 is 0 Å². The van der Waals surface area contributed by atoms with E-state index >= 15 is 0 Å². The van der Waals surface area contributed by atoms with Gasteiger partial charge in [-0.3, -0.25) is 9.59 Å². The van der Waals surface area contributed by atoms with E-state index in [2.05, 4.69) is 5.32 Å². The van der Waals surface area contributed by atoms with Crippen molar-refractivity contribution in [1.82, 2.24) is 5.32 Å². The molecule has 0 radical (unpaired) electrons. The lowest BCUT2D eigenvalue weighted by molar-refractivity contribution is -0.124. The zero-order valence-corrected chi connectivity index (χ0v) is 12.2. The van der Waals surface area contributed by atoms with E-state index < -0.39 is 11.6 Å². The summed E-state index contributed by atoms with van der Waals surface area (Å²) in [6.45, 7) is 0.382. The van der Waals surface area contributed by atoms with Crippen LogP contribution in [0.2, 0.25) is 0 Å². The molecule has 0 bridgehead atoms. The van der Waals surface area contributed by atoms with Crippen LogP contribution in [0, 0.1) is 11.6 Å². The van der Waals surface area contributed by atoms with Crippen molar-refractivity contribution >= 4 is 17.5 Å². The monoisotopic (exact) mass is 308 g/mol. The molecular formula is C16H18F2N2O2. The maximum absolute atomic E-state index is 14.1. The molecule has 0 saturated carbocycles. The molecular weight excluding hydrogens is 290 g/mol.